The van der Waals surface area contributed by atoms with Crippen molar-refractivity contribution in [2.24, 2.45) is 0 Å². The first-order valence-corrected chi connectivity index (χ1v) is 7.74. The molecule has 7 heteroatoms. The van der Waals surface area contributed by atoms with Crippen molar-refractivity contribution in [1.82, 2.24) is 0 Å². The SMILES string of the molecule is COc1cc(C)c2c(=O)c3c(OC)c(Cl)c(OC)c(Cl)c3oc2c1. The highest BCUT2D eigenvalue weighted by atomic mass is 35.5. The van der Waals surface area contributed by atoms with Gasteiger partial charge >= 0.3 is 0 Å². The predicted molar refractivity (Wildman–Crippen MR) is 94.4 cm³/mol. The fraction of sp³-hybridized carbons (Fsp3) is 0.235. The molecular formula is C17H14Cl2O5. The molecule has 0 atom stereocenters. The number of benzene rings is 2. The van der Waals surface area contributed by atoms with Crippen LogP contribution in [0.4, 0.5) is 0 Å². The highest BCUT2D eigenvalue weighted by Gasteiger charge is 2.24. The van der Waals surface area contributed by atoms with Gasteiger partial charge in [0.2, 0.25) is 5.43 Å². The van der Waals surface area contributed by atoms with Gasteiger partial charge in [-0.2, -0.15) is 0 Å². The van der Waals surface area contributed by atoms with Crippen molar-refractivity contribution >= 4 is 45.1 Å². The molecule has 0 aliphatic heterocycles. The van der Waals surface area contributed by atoms with E-state index >= 15 is 0 Å². The average molecular weight is 369 g/mol. The third-order valence-electron chi connectivity index (χ3n) is 3.83. The smallest absolute Gasteiger partial charge is 0.204 e. The number of ether oxygens (including phenoxy) is 3. The van der Waals surface area contributed by atoms with Crippen LogP contribution in [0.5, 0.6) is 17.2 Å². The molecule has 0 amide bonds. The Morgan fingerprint density at radius 2 is 1.58 bits per heavy atom. The lowest BCUT2D eigenvalue weighted by Crippen LogP contribution is -2.07. The number of rotatable bonds is 3. The first-order valence-electron chi connectivity index (χ1n) is 6.98. The lowest BCUT2D eigenvalue weighted by atomic mass is 10.1. The Hall–Kier alpha value is -2.11. The van der Waals surface area contributed by atoms with E-state index < -0.39 is 0 Å². The number of halogens is 2. The van der Waals surface area contributed by atoms with Crippen LogP contribution in [0, 0.1) is 6.92 Å². The minimum absolute atomic E-state index is 0.109. The maximum absolute atomic E-state index is 13.1. The first kappa shape index (κ1) is 16.7. The molecule has 5 nitrogen and oxygen atoms in total. The van der Waals surface area contributed by atoms with Crippen molar-refractivity contribution in [3.05, 3.63) is 38.0 Å². The van der Waals surface area contributed by atoms with E-state index in [0.717, 1.165) is 0 Å². The second-order valence-corrected chi connectivity index (χ2v) is 5.90. The fourth-order valence-corrected chi connectivity index (χ4v) is 3.44. The van der Waals surface area contributed by atoms with Crippen LogP contribution < -0.4 is 19.6 Å². The molecule has 1 aromatic heterocycles. The topological polar surface area (TPSA) is 57.9 Å². The Balaban J connectivity index is 2.63. The Labute approximate surface area is 147 Å². The van der Waals surface area contributed by atoms with Crippen molar-refractivity contribution in [2.45, 2.75) is 6.92 Å². The maximum atomic E-state index is 13.1. The van der Waals surface area contributed by atoms with Gasteiger partial charge < -0.3 is 18.6 Å². The molecule has 3 rings (SSSR count). The van der Waals surface area contributed by atoms with Gasteiger partial charge in [0.15, 0.2) is 17.1 Å². The van der Waals surface area contributed by atoms with Gasteiger partial charge in [-0.25, -0.2) is 0 Å². The van der Waals surface area contributed by atoms with Crippen LogP contribution in [0.3, 0.4) is 0 Å². The predicted octanol–water partition coefficient (Wildman–Crippen LogP) is 4.59. The van der Waals surface area contributed by atoms with Crippen molar-refractivity contribution in [2.75, 3.05) is 21.3 Å². The molecule has 3 aromatic rings. The van der Waals surface area contributed by atoms with Crippen molar-refractivity contribution in [3.8, 4) is 17.2 Å². The number of hydrogen-bond donors (Lipinski definition) is 0. The highest BCUT2D eigenvalue weighted by Crippen LogP contribution is 2.46. The van der Waals surface area contributed by atoms with E-state index in [-0.39, 0.29) is 37.9 Å². The largest absolute Gasteiger partial charge is 0.497 e. The van der Waals surface area contributed by atoms with Gasteiger partial charge in [0, 0.05) is 6.07 Å². The lowest BCUT2D eigenvalue weighted by Gasteiger charge is -2.14. The summed E-state index contributed by atoms with van der Waals surface area (Å²) >= 11 is 12.6. The van der Waals surface area contributed by atoms with Crippen molar-refractivity contribution < 1.29 is 18.6 Å². The molecule has 0 aliphatic carbocycles. The van der Waals surface area contributed by atoms with Crippen LogP contribution in [0.15, 0.2) is 21.3 Å². The summed E-state index contributed by atoms with van der Waals surface area (Å²) in [5, 5.41) is 0.820. The third kappa shape index (κ3) is 2.27. The van der Waals surface area contributed by atoms with E-state index in [1.54, 1.807) is 26.2 Å². The van der Waals surface area contributed by atoms with Crippen LogP contribution in [0.2, 0.25) is 10.0 Å². The summed E-state index contributed by atoms with van der Waals surface area (Å²) in [5.74, 6) is 0.926. The Morgan fingerprint density at radius 1 is 0.917 bits per heavy atom. The summed E-state index contributed by atoms with van der Waals surface area (Å²) in [6.45, 7) is 1.80. The van der Waals surface area contributed by atoms with Gasteiger partial charge in [-0.15, -0.1) is 0 Å². The summed E-state index contributed by atoms with van der Waals surface area (Å²) in [6, 6.07) is 3.39. The summed E-state index contributed by atoms with van der Waals surface area (Å²) in [6.07, 6.45) is 0. The summed E-state index contributed by atoms with van der Waals surface area (Å²) in [4.78, 5) is 13.1. The van der Waals surface area contributed by atoms with Crippen LogP contribution in [-0.4, -0.2) is 21.3 Å². The molecule has 1 heterocycles. The number of hydrogen-bond acceptors (Lipinski definition) is 5. The number of aryl methyl sites for hydroxylation is 1. The van der Waals surface area contributed by atoms with Crippen LogP contribution >= 0.6 is 23.2 Å². The minimum Gasteiger partial charge on any atom is -0.497 e. The quantitative estimate of drug-likeness (QED) is 0.632. The molecule has 0 aliphatic rings. The van der Waals surface area contributed by atoms with E-state index in [0.29, 0.717) is 22.3 Å². The molecule has 0 radical (unpaired) electrons. The van der Waals surface area contributed by atoms with E-state index in [4.69, 9.17) is 41.8 Å². The van der Waals surface area contributed by atoms with Crippen LogP contribution in [-0.2, 0) is 0 Å². The van der Waals surface area contributed by atoms with Crippen molar-refractivity contribution in [1.29, 1.82) is 0 Å². The van der Waals surface area contributed by atoms with Gasteiger partial charge in [0.05, 0.1) is 26.7 Å². The first-order chi connectivity index (χ1) is 11.4. The molecule has 0 saturated heterocycles. The monoisotopic (exact) mass is 368 g/mol. The van der Waals surface area contributed by atoms with Gasteiger partial charge in [-0.3, -0.25) is 4.79 Å². The number of methoxy groups -OCH3 is 3. The molecule has 0 saturated carbocycles. The Morgan fingerprint density at radius 3 is 2.17 bits per heavy atom. The molecule has 2 aromatic carbocycles. The molecular weight excluding hydrogens is 355 g/mol. The van der Waals surface area contributed by atoms with Gasteiger partial charge in [-0.1, -0.05) is 23.2 Å². The van der Waals surface area contributed by atoms with E-state index in [2.05, 4.69) is 0 Å². The summed E-state index contributed by atoms with van der Waals surface area (Å²) < 4.78 is 21.7. The zero-order valence-electron chi connectivity index (χ0n) is 13.5. The fourth-order valence-electron chi connectivity index (χ4n) is 2.75. The molecule has 0 fully saturated rings. The van der Waals surface area contributed by atoms with Crippen LogP contribution in [0.25, 0.3) is 21.9 Å². The Kier molecular flexibility index (Phi) is 4.24. The van der Waals surface area contributed by atoms with Gasteiger partial charge in [0.1, 0.15) is 26.8 Å². The normalized spacial score (nSPS) is 11.1. The summed E-state index contributed by atoms with van der Waals surface area (Å²) in [7, 11) is 4.38. The zero-order chi connectivity index (χ0) is 17.6. The standard InChI is InChI=1S/C17H14Cl2O5/c1-7-5-8(21-2)6-9-10(7)14(20)11-15(22-3)12(18)17(23-4)13(19)16(11)24-9/h5-6H,1-4H3. The Bertz CT molecular complexity index is 1020. The molecule has 0 unspecified atom stereocenters. The van der Waals surface area contributed by atoms with E-state index in [1.165, 1.54) is 14.2 Å². The lowest BCUT2D eigenvalue weighted by molar-refractivity contribution is 0.397. The third-order valence-corrected chi connectivity index (χ3v) is 4.52. The van der Waals surface area contributed by atoms with Crippen LogP contribution in [0.1, 0.15) is 5.56 Å². The molecule has 126 valence electrons. The molecule has 24 heavy (non-hydrogen) atoms. The summed E-state index contributed by atoms with van der Waals surface area (Å²) in [5.41, 5.74) is 0.942. The van der Waals surface area contributed by atoms with E-state index in [1.807, 2.05) is 0 Å². The molecule has 0 N–H and O–H groups in total. The van der Waals surface area contributed by atoms with Gasteiger partial charge in [0.25, 0.3) is 0 Å². The molecule has 0 spiro atoms. The minimum atomic E-state index is -0.283. The highest BCUT2D eigenvalue weighted by molar-refractivity contribution is 6.42. The van der Waals surface area contributed by atoms with E-state index in [9.17, 15) is 4.79 Å². The second kappa shape index (κ2) is 6.07. The number of fused-ring (bicyclic) bond motifs is 2. The van der Waals surface area contributed by atoms with Gasteiger partial charge in [-0.05, 0) is 18.6 Å². The maximum Gasteiger partial charge on any atom is 0.204 e. The van der Waals surface area contributed by atoms with Crippen molar-refractivity contribution in [3.63, 3.8) is 0 Å². The molecule has 0 bridgehead atoms. The average Bonchev–Trinajstić information content (AvgIpc) is 2.56. The second-order valence-electron chi connectivity index (χ2n) is 5.15. The zero-order valence-corrected chi connectivity index (χ0v) is 15.0.